The van der Waals surface area contributed by atoms with Gasteiger partial charge in [0.2, 0.25) is 5.13 Å². The highest BCUT2D eigenvalue weighted by molar-refractivity contribution is 7.09. The molecule has 0 saturated carbocycles. The third-order valence-corrected chi connectivity index (χ3v) is 5.37. The Morgan fingerprint density at radius 2 is 2.04 bits per heavy atom. The van der Waals surface area contributed by atoms with Gasteiger partial charge in [0.25, 0.3) is 0 Å². The first-order valence-electron chi connectivity index (χ1n) is 7.61. The van der Waals surface area contributed by atoms with Crippen LogP contribution in [0, 0.1) is 0 Å². The van der Waals surface area contributed by atoms with Gasteiger partial charge in [0, 0.05) is 23.6 Å². The number of ether oxygens (including phenoxy) is 1. The molecule has 1 aliphatic rings. The molecule has 4 rings (SSSR count). The van der Waals surface area contributed by atoms with Crippen molar-refractivity contribution in [1.29, 1.82) is 0 Å². The Hall–Kier alpha value is -1.76. The molecule has 3 aromatic rings. The summed E-state index contributed by atoms with van der Waals surface area (Å²) in [4.78, 5) is 7.03. The summed E-state index contributed by atoms with van der Waals surface area (Å²) < 4.78 is 10.6. The molecule has 1 aromatic carbocycles. The number of hydrogen-bond donors (Lipinski definition) is 0. The Labute approximate surface area is 143 Å². The highest BCUT2D eigenvalue weighted by Gasteiger charge is 2.28. The van der Waals surface area contributed by atoms with Gasteiger partial charge in [-0.3, -0.25) is 0 Å². The highest BCUT2D eigenvalue weighted by atomic mass is 32.1. The molecule has 2 atom stereocenters. The Morgan fingerprint density at radius 1 is 1.17 bits per heavy atom. The SMILES string of the molecule is CC1CN(c2nc(-c3ccccc3)ns2)CC(c2ccsc2)O1. The Bertz CT molecular complexity index is 757. The minimum Gasteiger partial charge on any atom is -0.367 e. The zero-order valence-electron chi connectivity index (χ0n) is 12.8. The van der Waals surface area contributed by atoms with E-state index in [2.05, 4.69) is 33.0 Å². The van der Waals surface area contributed by atoms with E-state index in [0.29, 0.717) is 0 Å². The van der Waals surface area contributed by atoms with E-state index in [-0.39, 0.29) is 12.2 Å². The Balaban J connectivity index is 1.56. The van der Waals surface area contributed by atoms with E-state index in [0.717, 1.165) is 29.6 Å². The number of thiophene rings is 1. The summed E-state index contributed by atoms with van der Waals surface area (Å²) in [6.07, 6.45) is 0.284. The standard InChI is InChI=1S/C17H17N3OS2/c1-12-9-20(10-15(21-12)14-7-8-22-11-14)17-18-16(19-23-17)13-5-3-2-4-6-13/h2-8,11-12,15H,9-10H2,1H3. The molecule has 6 heteroatoms. The average molecular weight is 343 g/mol. The van der Waals surface area contributed by atoms with E-state index >= 15 is 0 Å². The van der Waals surface area contributed by atoms with E-state index in [1.807, 2.05) is 30.3 Å². The van der Waals surface area contributed by atoms with Gasteiger partial charge in [0.1, 0.15) is 6.10 Å². The smallest absolute Gasteiger partial charge is 0.205 e. The van der Waals surface area contributed by atoms with Crippen LogP contribution in [0.4, 0.5) is 5.13 Å². The molecule has 23 heavy (non-hydrogen) atoms. The van der Waals surface area contributed by atoms with Crippen LogP contribution in [0.25, 0.3) is 11.4 Å². The monoisotopic (exact) mass is 343 g/mol. The predicted molar refractivity (Wildman–Crippen MR) is 95.2 cm³/mol. The molecule has 0 radical (unpaired) electrons. The van der Waals surface area contributed by atoms with Crippen LogP contribution < -0.4 is 4.90 Å². The van der Waals surface area contributed by atoms with Crippen molar-refractivity contribution >= 4 is 28.0 Å². The summed E-state index contributed by atoms with van der Waals surface area (Å²) in [5, 5.41) is 5.23. The van der Waals surface area contributed by atoms with Crippen LogP contribution in [0.3, 0.4) is 0 Å². The van der Waals surface area contributed by atoms with Crippen LogP contribution in [-0.4, -0.2) is 28.6 Å². The van der Waals surface area contributed by atoms with Gasteiger partial charge < -0.3 is 9.64 Å². The minimum atomic E-state index is 0.106. The first-order valence-corrected chi connectivity index (χ1v) is 9.33. The van der Waals surface area contributed by atoms with Crippen LogP contribution in [0.2, 0.25) is 0 Å². The quantitative estimate of drug-likeness (QED) is 0.713. The number of nitrogens with zero attached hydrogens (tertiary/aromatic N) is 3. The molecule has 1 fully saturated rings. The molecule has 0 bridgehead atoms. The molecule has 2 unspecified atom stereocenters. The van der Waals surface area contributed by atoms with Crippen LogP contribution in [-0.2, 0) is 4.74 Å². The molecule has 0 aliphatic carbocycles. The van der Waals surface area contributed by atoms with Crippen molar-refractivity contribution in [3.05, 3.63) is 52.7 Å². The van der Waals surface area contributed by atoms with Crippen LogP contribution in [0.15, 0.2) is 47.2 Å². The summed E-state index contributed by atoms with van der Waals surface area (Å²) in [5.41, 5.74) is 2.31. The van der Waals surface area contributed by atoms with Gasteiger partial charge in [-0.1, -0.05) is 30.3 Å². The van der Waals surface area contributed by atoms with E-state index < -0.39 is 0 Å². The third kappa shape index (κ3) is 3.15. The topological polar surface area (TPSA) is 38.2 Å². The first kappa shape index (κ1) is 14.8. The number of rotatable bonds is 3. The van der Waals surface area contributed by atoms with Crippen molar-refractivity contribution in [1.82, 2.24) is 9.36 Å². The summed E-state index contributed by atoms with van der Waals surface area (Å²) in [6, 6.07) is 12.3. The zero-order valence-corrected chi connectivity index (χ0v) is 14.4. The van der Waals surface area contributed by atoms with Crippen molar-refractivity contribution in [2.45, 2.75) is 19.1 Å². The van der Waals surface area contributed by atoms with Gasteiger partial charge in [0.05, 0.1) is 12.6 Å². The molecule has 3 heterocycles. The number of hydrogen-bond acceptors (Lipinski definition) is 6. The van der Waals surface area contributed by atoms with Crippen LogP contribution >= 0.6 is 22.9 Å². The Morgan fingerprint density at radius 3 is 2.83 bits per heavy atom. The van der Waals surface area contributed by atoms with Gasteiger partial charge in [-0.05, 0) is 29.3 Å². The molecule has 1 aliphatic heterocycles. The van der Waals surface area contributed by atoms with Gasteiger partial charge in [-0.15, -0.1) is 0 Å². The fraction of sp³-hybridized carbons (Fsp3) is 0.294. The van der Waals surface area contributed by atoms with Gasteiger partial charge in [-0.2, -0.15) is 20.7 Å². The summed E-state index contributed by atoms with van der Waals surface area (Å²) in [6.45, 7) is 3.79. The number of benzene rings is 1. The predicted octanol–water partition coefficient (Wildman–Crippen LogP) is 4.23. The van der Waals surface area contributed by atoms with Crippen molar-refractivity contribution in [3.8, 4) is 11.4 Å². The van der Waals surface area contributed by atoms with E-state index in [1.165, 1.54) is 17.1 Å². The summed E-state index contributed by atoms with van der Waals surface area (Å²) in [7, 11) is 0. The lowest BCUT2D eigenvalue weighted by Gasteiger charge is -2.36. The lowest BCUT2D eigenvalue weighted by atomic mass is 10.1. The second-order valence-electron chi connectivity index (χ2n) is 5.66. The minimum absolute atomic E-state index is 0.106. The van der Waals surface area contributed by atoms with E-state index in [1.54, 1.807) is 11.3 Å². The van der Waals surface area contributed by atoms with Crippen molar-refractivity contribution < 1.29 is 4.74 Å². The number of morpholine rings is 1. The Kier molecular flexibility index (Phi) is 4.11. The van der Waals surface area contributed by atoms with Crippen LogP contribution in [0.5, 0.6) is 0 Å². The molecule has 118 valence electrons. The van der Waals surface area contributed by atoms with Crippen molar-refractivity contribution in [2.24, 2.45) is 0 Å². The summed E-state index contributed by atoms with van der Waals surface area (Å²) >= 11 is 3.17. The maximum Gasteiger partial charge on any atom is 0.205 e. The molecule has 2 aromatic heterocycles. The third-order valence-electron chi connectivity index (χ3n) is 3.89. The van der Waals surface area contributed by atoms with Gasteiger partial charge >= 0.3 is 0 Å². The fourth-order valence-electron chi connectivity index (χ4n) is 2.80. The zero-order chi connectivity index (χ0) is 15.6. The largest absolute Gasteiger partial charge is 0.367 e. The molecule has 0 amide bonds. The van der Waals surface area contributed by atoms with E-state index in [4.69, 9.17) is 9.72 Å². The summed E-state index contributed by atoms with van der Waals surface area (Å²) in [5.74, 6) is 0.803. The van der Waals surface area contributed by atoms with Gasteiger partial charge in [0.15, 0.2) is 5.82 Å². The van der Waals surface area contributed by atoms with E-state index in [9.17, 15) is 0 Å². The molecule has 1 saturated heterocycles. The number of anilines is 1. The first-order chi connectivity index (χ1) is 11.3. The highest BCUT2D eigenvalue weighted by Crippen LogP contribution is 2.31. The second kappa shape index (κ2) is 6.39. The van der Waals surface area contributed by atoms with Gasteiger partial charge in [-0.25, -0.2) is 0 Å². The van der Waals surface area contributed by atoms with Crippen molar-refractivity contribution in [2.75, 3.05) is 18.0 Å². The number of aromatic nitrogens is 2. The van der Waals surface area contributed by atoms with Crippen LogP contribution in [0.1, 0.15) is 18.6 Å². The molecule has 0 N–H and O–H groups in total. The molecule has 4 nitrogen and oxygen atoms in total. The average Bonchev–Trinajstić information content (AvgIpc) is 3.27. The molecule has 0 spiro atoms. The maximum atomic E-state index is 6.10. The second-order valence-corrected chi connectivity index (χ2v) is 7.17. The van der Waals surface area contributed by atoms with Crippen molar-refractivity contribution in [3.63, 3.8) is 0 Å². The lowest BCUT2D eigenvalue weighted by Crippen LogP contribution is -2.42. The fourth-order valence-corrected chi connectivity index (χ4v) is 4.21. The lowest BCUT2D eigenvalue weighted by molar-refractivity contribution is -0.0171. The molecular formula is C17H17N3OS2. The maximum absolute atomic E-state index is 6.10. The normalized spacial score (nSPS) is 21.5. The molecular weight excluding hydrogens is 326 g/mol.